The minimum absolute atomic E-state index is 0.0893. The topological polar surface area (TPSA) is 111 Å². The molecule has 1 aromatic heterocycles. The second kappa shape index (κ2) is 9.03. The summed E-state index contributed by atoms with van der Waals surface area (Å²) in [6, 6.07) is 14.8. The molecule has 182 valence electrons. The third-order valence-electron chi connectivity index (χ3n) is 6.79. The van der Waals surface area contributed by atoms with E-state index in [2.05, 4.69) is 34.3 Å². The lowest BCUT2D eigenvalue weighted by atomic mass is 9.89. The van der Waals surface area contributed by atoms with Gasteiger partial charge in [0.15, 0.2) is 5.66 Å². The minimum atomic E-state index is -1.17. The summed E-state index contributed by atoms with van der Waals surface area (Å²) < 4.78 is 12.0. The number of nitrogen functional groups attached to an aromatic ring is 1. The van der Waals surface area contributed by atoms with Gasteiger partial charge in [0.25, 0.3) is 0 Å². The summed E-state index contributed by atoms with van der Waals surface area (Å²) in [5.41, 5.74) is 15.7. The number of anilines is 2. The number of likely N-dealkylation sites (N-methyl/N-ethyl adjacent to an activating group) is 1. The molecule has 35 heavy (non-hydrogen) atoms. The zero-order valence-corrected chi connectivity index (χ0v) is 20.5. The molecular formula is C26H29ClN6O2. The van der Waals surface area contributed by atoms with Crippen LogP contribution in [0.3, 0.4) is 0 Å². The van der Waals surface area contributed by atoms with Gasteiger partial charge in [-0.25, -0.2) is 4.99 Å². The summed E-state index contributed by atoms with van der Waals surface area (Å²) in [5, 5.41) is 3.61. The lowest BCUT2D eigenvalue weighted by Crippen LogP contribution is -2.39. The first kappa shape index (κ1) is 23.4. The molecule has 0 radical (unpaired) electrons. The number of pyridine rings is 1. The van der Waals surface area contributed by atoms with Crippen LogP contribution in [0.2, 0.25) is 5.02 Å². The summed E-state index contributed by atoms with van der Waals surface area (Å²) in [5.74, 6) is 1.17. The average molecular weight is 493 g/mol. The van der Waals surface area contributed by atoms with Crippen LogP contribution in [0, 0.1) is 0 Å². The van der Waals surface area contributed by atoms with Crippen LogP contribution >= 0.6 is 11.6 Å². The molecule has 2 heterocycles. The van der Waals surface area contributed by atoms with Gasteiger partial charge < -0.3 is 25.4 Å². The summed E-state index contributed by atoms with van der Waals surface area (Å²) in [4.78, 5) is 11.0. The quantitative estimate of drug-likeness (QED) is 0.408. The van der Waals surface area contributed by atoms with Gasteiger partial charge in [-0.3, -0.25) is 10.7 Å². The van der Waals surface area contributed by atoms with Gasteiger partial charge in [0.05, 0.1) is 34.0 Å². The van der Waals surface area contributed by atoms with Gasteiger partial charge in [-0.15, -0.1) is 0 Å². The number of hydrogen-bond acceptors (Lipinski definition) is 8. The number of benzene rings is 2. The predicted octanol–water partition coefficient (Wildman–Crippen LogP) is 3.98. The molecule has 0 saturated heterocycles. The summed E-state index contributed by atoms with van der Waals surface area (Å²) in [6.07, 6.45) is 5.54. The highest BCUT2D eigenvalue weighted by Crippen LogP contribution is 2.44. The smallest absolute Gasteiger partial charge is 0.163 e. The van der Waals surface area contributed by atoms with Gasteiger partial charge in [-0.2, -0.15) is 0 Å². The minimum Gasteiger partial charge on any atom is -0.489 e. The van der Waals surface area contributed by atoms with Gasteiger partial charge >= 0.3 is 0 Å². The number of halogens is 1. The maximum Gasteiger partial charge on any atom is 0.163 e. The number of nitrogens with zero attached hydrogens (tertiary/aromatic N) is 3. The molecule has 8 nitrogen and oxygen atoms in total. The average Bonchev–Trinajstić information content (AvgIpc) is 3.65. The molecule has 5 rings (SSSR count). The molecule has 1 aliphatic heterocycles. The fourth-order valence-corrected chi connectivity index (χ4v) is 4.46. The van der Waals surface area contributed by atoms with Gasteiger partial charge in [0.2, 0.25) is 0 Å². The van der Waals surface area contributed by atoms with Crippen molar-refractivity contribution in [1.82, 2.24) is 9.88 Å². The summed E-state index contributed by atoms with van der Waals surface area (Å²) >= 11 is 6.56. The fourth-order valence-electron chi connectivity index (χ4n) is 4.23. The van der Waals surface area contributed by atoms with Crippen LogP contribution in [-0.4, -0.2) is 42.5 Å². The van der Waals surface area contributed by atoms with Gasteiger partial charge in [-0.05, 0) is 57.3 Å². The molecule has 1 unspecified atom stereocenters. The van der Waals surface area contributed by atoms with Crippen molar-refractivity contribution in [2.45, 2.75) is 30.7 Å². The number of ether oxygens (including phenoxy) is 2. The molecule has 0 amide bonds. The van der Waals surface area contributed by atoms with Crippen LogP contribution in [0.1, 0.15) is 29.7 Å². The number of aromatic nitrogens is 1. The van der Waals surface area contributed by atoms with E-state index in [1.807, 2.05) is 36.4 Å². The first-order valence-electron chi connectivity index (χ1n) is 11.5. The Labute approximate surface area is 209 Å². The highest BCUT2D eigenvalue weighted by Gasteiger charge is 2.46. The predicted molar refractivity (Wildman–Crippen MR) is 139 cm³/mol. The molecule has 2 aliphatic rings. The van der Waals surface area contributed by atoms with E-state index >= 15 is 0 Å². The zero-order chi connectivity index (χ0) is 24.6. The van der Waals surface area contributed by atoms with Crippen molar-refractivity contribution >= 4 is 29.3 Å². The molecule has 0 bridgehead atoms. The lowest BCUT2D eigenvalue weighted by molar-refractivity contribution is 0.168. The highest BCUT2D eigenvalue weighted by atomic mass is 35.5. The van der Waals surface area contributed by atoms with E-state index in [0.717, 1.165) is 29.8 Å². The summed E-state index contributed by atoms with van der Waals surface area (Å²) in [7, 11) is 4.15. The normalized spacial score (nSPS) is 19.7. The van der Waals surface area contributed by atoms with Crippen molar-refractivity contribution in [3.05, 3.63) is 76.6 Å². The molecule has 5 N–H and O–H groups in total. The molecule has 1 saturated carbocycles. The number of rotatable bonds is 8. The molecule has 3 aromatic rings. The Hall–Kier alpha value is -3.33. The van der Waals surface area contributed by atoms with E-state index in [4.69, 9.17) is 32.5 Å². The molecule has 1 atom stereocenters. The maximum atomic E-state index is 6.84. The number of fused-ring (bicyclic) bond motifs is 1. The Morgan fingerprint density at radius 2 is 1.91 bits per heavy atom. The Bertz CT molecular complexity index is 1260. The molecule has 2 aromatic carbocycles. The maximum absolute atomic E-state index is 6.84. The number of nitrogens with one attached hydrogen (secondary N) is 1. The van der Waals surface area contributed by atoms with E-state index in [-0.39, 0.29) is 5.54 Å². The van der Waals surface area contributed by atoms with Crippen LogP contribution in [-0.2, 0) is 12.3 Å². The molecule has 9 heteroatoms. The third-order valence-corrected chi connectivity index (χ3v) is 7.09. The third kappa shape index (κ3) is 4.52. The summed E-state index contributed by atoms with van der Waals surface area (Å²) in [6.45, 7) is 0.896. The van der Waals surface area contributed by atoms with Crippen molar-refractivity contribution in [3.63, 3.8) is 0 Å². The number of nitrogens with two attached hydrogens (primary N) is 2. The van der Waals surface area contributed by atoms with Crippen LogP contribution < -0.4 is 26.3 Å². The van der Waals surface area contributed by atoms with Crippen LogP contribution in [0.4, 0.5) is 11.4 Å². The van der Waals surface area contributed by atoms with E-state index in [9.17, 15) is 0 Å². The van der Waals surface area contributed by atoms with Crippen molar-refractivity contribution in [1.29, 1.82) is 0 Å². The van der Waals surface area contributed by atoms with Gasteiger partial charge in [0.1, 0.15) is 24.7 Å². The van der Waals surface area contributed by atoms with Crippen molar-refractivity contribution in [3.8, 4) is 11.5 Å². The Morgan fingerprint density at radius 3 is 2.60 bits per heavy atom. The first-order chi connectivity index (χ1) is 16.8. The highest BCUT2D eigenvalue weighted by molar-refractivity contribution is 6.32. The molecule has 1 fully saturated rings. The van der Waals surface area contributed by atoms with Gasteiger partial charge in [-0.1, -0.05) is 23.7 Å². The molecule has 0 spiro atoms. The van der Waals surface area contributed by atoms with Crippen LogP contribution in [0.5, 0.6) is 11.5 Å². The lowest BCUT2D eigenvalue weighted by Gasteiger charge is -2.32. The van der Waals surface area contributed by atoms with Gasteiger partial charge in [0, 0.05) is 23.4 Å². The largest absolute Gasteiger partial charge is 0.489 e. The first-order valence-corrected chi connectivity index (χ1v) is 11.8. The van der Waals surface area contributed by atoms with E-state index < -0.39 is 5.66 Å². The Kier molecular flexibility index (Phi) is 6.04. The SMILES string of the molecule is CN(C)C1(COc2cc3c(cc2N)C(N)(c2ccc(OCc4ccccn4)c(Cl)c2)N=CN3)CC1. The molecular weight excluding hydrogens is 464 g/mol. The van der Waals surface area contributed by atoms with Crippen LogP contribution in [0.25, 0.3) is 0 Å². The second-order valence-electron chi connectivity index (χ2n) is 9.27. The van der Waals surface area contributed by atoms with Crippen LogP contribution in [0.15, 0.2) is 59.7 Å². The van der Waals surface area contributed by atoms with E-state index in [1.54, 1.807) is 24.7 Å². The number of hydrogen-bond donors (Lipinski definition) is 3. The number of aliphatic imine (C=N–C) groups is 1. The Balaban J connectivity index is 1.38. The van der Waals surface area contributed by atoms with E-state index in [0.29, 0.717) is 41.0 Å². The van der Waals surface area contributed by atoms with E-state index in [1.165, 1.54) is 0 Å². The molecule has 1 aliphatic carbocycles. The van der Waals surface area contributed by atoms with Crippen molar-refractivity contribution < 1.29 is 9.47 Å². The monoisotopic (exact) mass is 492 g/mol. The zero-order valence-electron chi connectivity index (χ0n) is 19.8. The fraction of sp³-hybridized carbons (Fsp3) is 0.308. The Morgan fingerprint density at radius 1 is 1.09 bits per heavy atom. The standard InChI is InChI=1S/C26H29ClN6O2/c1-33(2)25(8-9-25)15-35-24-13-22-19(12-21(24)28)26(29,32-16-31-22)17-6-7-23(20(27)11-17)34-14-18-5-3-4-10-30-18/h3-7,10-13,16H,8-9,14-15,28-29H2,1-2H3,(H,31,32). The van der Waals surface area contributed by atoms with Crippen molar-refractivity contribution in [2.24, 2.45) is 10.7 Å². The second-order valence-corrected chi connectivity index (χ2v) is 9.67. The van der Waals surface area contributed by atoms with Crippen molar-refractivity contribution in [2.75, 3.05) is 31.8 Å².